The molecule has 0 aromatic carbocycles. The lowest BCUT2D eigenvalue weighted by atomic mass is 10.1. The highest BCUT2D eigenvalue weighted by molar-refractivity contribution is 5.42. The van der Waals surface area contributed by atoms with Crippen LogP contribution in [-0.2, 0) is 11.3 Å². The molecule has 4 nitrogen and oxygen atoms in total. The first-order valence-electron chi connectivity index (χ1n) is 7.10. The summed E-state index contributed by atoms with van der Waals surface area (Å²) in [6.07, 6.45) is 4.61. The van der Waals surface area contributed by atoms with Crippen LogP contribution in [0.15, 0.2) is 18.3 Å². The maximum absolute atomic E-state index is 5.23. The molecule has 0 aliphatic heterocycles. The van der Waals surface area contributed by atoms with Crippen LogP contribution in [-0.4, -0.2) is 43.2 Å². The third-order valence-electron chi connectivity index (χ3n) is 3.93. The van der Waals surface area contributed by atoms with E-state index in [0.717, 1.165) is 37.0 Å². The van der Waals surface area contributed by atoms with Crippen LogP contribution >= 0.6 is 0 Å². The van der Waals surface area contributed by atoms with Gasteiger partial charge in [0.1, 0.15) is 0 Å². The third kappa shape index (κ3) is 4.18. The molecule has 1 aromatic rings. The number of hydrogen-bond donors (Lipinski definition) is 1. The van der Waals surface area contributed by atoms with Crippen molar-refractivity contribution < 1.29 is 4.74 Å². The average Bonchev–Trinajstić information content (AvgIpc) is 3.27. The van der Waals surface area contributed by atoms with Gasteiger partial charge in [0, 0.05) is 45.2 Å². The standard InChI is InChI=1S/C15H25N3O/c1-12(13-4-5-13)18(8-9-19-3)11-15-10-14(16-2)6-7-17-15/h6-7,10,12-13H,4-5,8-9,11H2,1-3H3,(H,16,17). The second-order valence-corrected chi connectivity index (χ2v) is 5.33. The molecular formula is C15H25N3O. The SMILES string of the molecule is CNc1ccnc(CN(CCOC)C(C)C2CC2)c1. The number of nitrogens with zero attached hydrogens (tertiary/aromatic N) is 2. The van der Waals surface area contributed by atoms with Crippen molar-refractivity contribution in [2.75, 3.05) is 32.6 Å². The number of aromatic nitrogens is 1. The maximum Gasteiger partial charge on any atom is 0.0589 e. The molecule has 1 aliphatic carbocycles. The van der Waals surface area contributed by atoms with E-state index in [1.165, 1.54) is 12.8 Å². The molecule has 0 radical (unpaired) electrons. The van der Waals surface area contributed by atoms with Gasteiger partial charge in [-0.1, -0.05) is 0 Å². The highest BCUT2D eigenvalue weighted by atomic mass is 16.5. The zero-order chi connectivity index (χ0) is 13.7. The van der Waals surface area contributed by atoms with Crippen molar-refractivity contribution in [2.24, 2.45) is 5.92 Å². The third-order valence-corrected chi connectivity index (χ3v) is 3.93. The lowest BCUT2D eigenvalue weighted by Crippen LogP contribution is -2.36. The molecule has 1 heterocycles. The molecule has 0 amide bonds. The van der Waals surface area contributed by atoms with Crippen LogP contribution < -0.4 is 5.32 Å². The van der Waals surface area contributed by atoms with Crippen LogP contribution in [0.3, 0.4) is 0 Å². The fourth-order valence-electron chi connectivity index (χ4n) is 2.44. The molecule has 1 aliphatic rings. The maximum atomic E-state index is 5.23. The zero-order valence-corrected chi connectivity index (χ0v) is 12.2. The summed E-state index contributed by atoms with van der Waals surface area (Å²) in [6.45, 7) is 4.98. The van der Waals surface area contributed by atoms with Gasteiger partial charge in [-0.15, -0.1) is 0 Å². The topological polar surface area (TPSA) is 37.4 Å². The predicted octanol–water partition coefficient (Wildman–Crippen LogP) is 2.37. The molecular weight excluding hydrogens is 238 g/mol. The molecule has 1 unspecified atom stereocenters. The van der Waals surface area contributed by atoms with E-state index in [1.807, 2.05) is 19.3 Å². The Hall–Kier alpha value is -1.13. The van der Waals surface area contributed by atoms with Gasteiger partial charge in [0.25, 0.3) is 0 Å². The van der Waals surface area contributed by atoms with Crippen molar-refractivity contribution >= 4 is 5.69 Å². The lowest BCUT2D eigenvalue weighted by Gasteiger charge is -2.28. The molecule has 1 saturated carbocycles. The van der Waals surface area contributed by atoms with Gasteiger partial charge in [0.2, 0.25) is 0 Å². The molecule has 0 bridgehead atoms. The highest BCUT2D eigenvalue weighted by Gasteiger charge is 2.31. The van der Waals surface area contributed by atoms with E-state index in [4.69, 9.17) is 4.74 Å². The summed E-state index contributed by atoms with van der Waals surface area (Å²) in [4.78, 5) is 6.96. The summed E-state index contributed by atoms with van der Waals surface area (Å²) >= 11 is 0. The van der Waals surface area contributed by atoms with Crippen LogP contribution in [0.5, 0.6) is 0 Å². The van der Waals surface area contributed by atoms with Gasteiger partial charge < -0.3 is 10.1 Å². The summed E-state index contributed by atoms with van der Waals surface area (Å²) in [6, 6.07) is 4.74. The second kappa shape index (κ2) is 6.87. The molecule has 4 heteroatoms. The summed E-state index contributed by atoms with van der Waals surface area (Å²) < 4.78 is 5.23. The summed E-state index contributed by atoms with van der Waals surface area (Å²) in [7, 11) is 3.70. The fraction of sp³-hybridized carbons (Fsp3) is 0.667. The Kier molecular flexibility index (Phi) is 5.16. The lowest BCUT2D eigenvalue weighted by molar-refractivity contribution is 0.111. The van der Waals surface area contributed by atoms with E-state index in [9.17, 15) is 0 Å². The quantitative estimate of drug-likeness (QED) is 0.781. The molecule has 1 fully saturated rings. The number of nitrogens with one attached hydrogen (secondary N) is 1. The normalized spacial score (nSPS) is 16.6. The molecule has 19 heavy (non-hydrogen) atoms. The van der Waals surface area contributed by atoms with Crippen LogP contribution in [0.2, 0.25) is 0 Å². The van der Waals surface area contributed by atoms with E-state index in [2.05, 4.69) is 28.2 Å². The van der Waals surface area contributed by atoms with E-state index in [1.54, 1.807) is 7.11 Å². The molecule has 1 N–H and O–H groups in total. The van der Waals surface area contributed by atoms with E-state index < -0.39 is 0 Å². The minimum absolute atomic E-state index is 0.621. The summed E-state index contributed by atoms with van der Waals surface area (Å²) in [5, 5.41) is 3.16. The number of rotatable bonds is 8. The molecule has 1 atom stereocenters. The zero-order valence-electron chi connectivity index (χ0n) is 12.2. The average molecular weight is 263 g/mol. The Morgan fingerprint density at radius 2 is 2.32 bits per heavy atom. The Labute approximate surface area is 116 Å². The molecule has 0 spiro atoms. The Bertz CT molecular complexity index is 393. The first kappa shape index (κ1) is 14.3. The van der Waals surface area contributed by atoms with Crippen molar-refractivity contribution in [2.45, 2.75) is 32.4 Å². The van der Waals surface area contributed by atoms with Crippen molar-refractivity contribution in [3.63, 3.8) is 0 Å². The Morgan fingerprint density at radius 3 is 2.95 bits per heavy atom. The molecule has 0 saturated heterocycles. The van der Waals surface area contributed by atoms with Crippen LogP contribution in [0.1, 0.15) is 25.5 Å². The van der Waals surface area contributed by atoms with Crippen molar-refractivity contribution in [1.29, 1.82) is 0 Å². The smallest absolute Gasteiger partial charge is 0.0589 e. The summed E-state index contributed by atoms with van der Waals surface area (Å²) in [5.74, 6) is 0.865. The van der Waals surface area contributed by atoms with Crippen molar-refractivity contribution in [1.82, 2.24) is 9.88 Å². The Balaban J connectivity index is 2.00. The monoisotopic (exact) mass is 263 g/mol. The van der Waals surface area contributed by atoms with Gasteiger partial charge in [-0.25, -0.2) is 0 Å². The minimum Gasteiger partial charge on any atom is -0.388 e. The number of hydrogen-bond acceptors (Lipinski definition) is 4. The van der Waals surface area contributed by atoms with E-state index in [0.29, 0.717) is 6.04 Å². The minimum atomic E-state index is 0.621. The Morgan fingerprint density at radius 1 is 1.53 bits per heavy atom. The van der Waals surface area contributed by atoms with Gasteiger partial charge in [-0.05, 0) is 37.8 Å². The second-order valence-electron chi connectivity index (χ2n) is 5.33. The predicted molar refractivity (Wildman–Crippen MR) is 78.3 cm³/mol. The van der Waals surface area contributed by atoms with Gasteiger partial charge in [0.15, 0.2) is 0 Å². The number of anilines is 1. The van der Waals surface area contributed by atoms with E-state index in [-0.39, 0.29) is 0 Å². The highest BCUT2D eigenvalue weighted by Crippen LogP contribution is 2.35. The van der Waals surface area contributed by atoms with Gasteiger partial charge in [-0.3, -0.25) is 9.88 Å². The first-order valence-corrected chi connectivity index (χ1v) is 7.10. The van der Waals surface area contributed by atoms with Gasteiger partial charge in [-0.2, -0.15) is 0 Å². The number of ether oxygens (including phenoxy) is 1. The van der Waals surface area contributed by atoms with Crippen LogP contribution in [0, 0.1) is 5.92 Å². The van der Waals surface area contributed by atoms with Crippen LogP contribution in [0.25, 0.3) is 0 Å². The van der Waals surface area contributed by atoms with Gasteiger partial charge in [0.05, 0.1) is 12.3 Å². The first-order chi connectivity index (χ1) is 9.24. The van der Waals surface area contributed by atoms with Crippen molar-refractivity contribution in [3.05, 3.63) is 24.0 Å². The van der Waals surface area contributed by atoms with E-state index >= 15 is 0 Å². The molecule has 106 valence electrons. The summed E-state index contributed by atoms with van der Waals surface area (Å²) in [5.41, 5.74) is 2.24. The fourth-order valence-corrected chi connectivity index (χ4v) is 2.44. The molecule has 2 rings (SSSR count). The largest absolute Gasteiger partial charge is 0.388 e. The molecule has 1 aromatic heterocycles. The van der Waals surface area contributed by atoms with Gasteiger partial charge >= 0.3 is 0 Å². The number of pyridine rings is 1. The van der Waals surface area contributed by atoms with Crippen molar-refractivity contribution in [3.8, 4) is 0 Å². The van der Waals surface area contributed by atoms with Crippen LogP contribution in [0.4, 0.5) is 5.69 Å². The number of methoxy groups -OCH3 is 1.